The van der Waals surface area contributed by atoms with Crippen molar-refractivity contribution in [1.82, 2.24) is 4.90 Å². The molecule has 2 atom stereocenters. The van der Waals surface area contributed by atoms with Crippen molar-refractivity contribution in [3.05, 3.63) is 0 Å². The van der Waals surface area contributed by atoms with Crippen LogP contribution in [-0.4, -0.2) is 44.1 Å². The van der Waals surface area contributed by atoms with Gasteiger partial charge in [0, 0.05) is 6.54 Å². The Bertz CT molecular complexity index is 457. The molecule has 1 rings (SSSR count). The second-order valence-corrected chi connectivity index (χ2v) is 13.3. The first kappa shape index (κ1) is 19.0. The van der Waals surface area contributed by atoms with Crippen molar-refractivity contribution in [1.29, 1.82) is 5.26 Å². The molecule has 126 valence electrons. The van der Waals surface area contributed by atoms with Gasteiger partial charge in [0.25, 0.3) is 0 Å². The van der Waals surface area contributed by atoms with Crippen molar-refractivity contribution >= 4 is 14.4 Å². The maximum absolute atomic E-state index is 12.2. The highest BCUT2D eigenvalue weighted by molar-refractivity contribution is 6.74. The van der Waals surface area contributed by atoms with E-state index in [9.17, 15) is 10.1 Å². The molecule has 0 aromatic carbocycles. The number of hydrogen-bond donors (Lipinski definition) is 0. The molecule has 0 spiro atoms. The van der Waals surface area contributed by atoms with E-state index in [1.165, 1.54) is 0 Å². The molecule has 0 aliphatic carbocycles. The van der Waals surface area contributed by atoms with Crippen LogP contribution in [0.4, 0.5) is 4.79 Å². The second-order valence-electron chi connectivity index (χ2n) is 8.51. The maximum Gasteiger partial charge on any atom is 0.410 e. The van der Waals surface area contributed by atoms with Crippen LogP contribution >= 0.6 is 0 Å². The largest absolute Gasteiger partial charge is 0.444 e. The SMILES string of the molecule is CC(C)(C)OC(=O)N1CC(C#N)[C@H]1CO[Si](C)(C)C(C)(C)C. The highest BCUT2D eigenvalue weighted by Gasteiger charge is 2.46. The zero-order valence-corrected chi connectivity index (χ0v) is 16.2. The van der Waals surface area contributed by atoms with Gasteiger partial charge in [-0.1, -0.05) is 20.8 Å². The van der Waals surface area contributed by atoms with Gasteiger partial charge >= 0.3 is 6.09 Å². The van der Waals surface area contributed by atoms with Crippen molar-refractivity contribution in [3.63, 3.8) is 0 Å². The van der Waals surface area contributed by atoms with Crippen molar-refractivity contribution in [2.75, 3.05) is 13.2 Å². The van der Waals surface area contributed by atoms with E-state index in [1.807, 2.05) is 20.8 Å². The van der Waals surface area contributed by atoms with Crippen molar-refractivity contribution in [2.45, 2.75) is 71.3 Å². The Labute approximate surface area is 135 Å². The van der Waals surface area contributed by atoms with Crippen LogP contribution in [0.1, 0.15) is 41.5 Å². The summed E-state index contributed by atoms with van der Waals surface area (Å²) in [6.45, 7) is 17.2. The van der Waals surface area contributed by atoms with Gasteiger partial charge in [-0.25, -0.2) is 4.79 Å². The van der Waals surface area contributed by atoms with E-state index < -0.39 is 13.9 Å². The third kappa shape index (κ3) is 4.47. The van der Waals surface area contributed by atoms with E-state index >= 15 is 0 Å². The van der Waals surface area contributed by atoms with E-state index in [0.717, 1.165) is 0 Å². The van der Waals surface area contributed by atoms with Gasteiger partial charge in [0.05, 0.1) is 24.6 Å². The Hall–Kier alpha value is -1.06. The van der Waals surface area contributed by atoms with Gasteiger partial charge in [-0.05, 0) is 38.9 Å². The van der Waals surface area contributed by atoms with Crippen LogP contribution in [0.5, 0.6) is 0 Å². The molecule has 5 nitrogen and oxygen atoms in total. The van der Waals surface area contributed by atoms with Crippen molar-refractivity contribution < 1.29 is 14.0 Å². The molecule has 0 saturated carbocycles. The Balaban J connectivity index is 2.70. The summed E-state index contributed by atoms with van der Waals surface area (Å²) in [5, 5.41) is 9.31. The number of carbonyl (C=O) groups excluding carboxylic acids is 1. The molecular formula is C16H30N2O3Si. The molecule has 0 aromatic rings. The molecule has 0 N–H and O–H groups in total. The number of ether oxygens (including phenoxy) is 1. The fourth-order valence-corrected chi connectivity index (χ4v) is 2.94. The van der Waals surface area contributed by atoms with Crippen LogP contribution in [0.2, 0.25) is 18.1 Å². The van der Waals surface area contributed by atoms with Crippen molar-refractivity contribution in [3.8, 4) is 6.07 Å². The lowest BCUT2D eigenvalue weighted by atomic mass is 9.91. The lowest BCUT2D eigenvalue weighted by Gasteiger charge is -2.46. The van der Waals surface area contributed by atoms with Gasteiger partial charge in [0.2, 0.25) is 0 Å². The van der Waals surface area contributed by atoms with Crippen LogP contribution < -0.4 is 0 Å². The lowest BCUT2D eigenvalue weighted by molar-refractivity contribution is -0.0308. The fourth-order valence-electron chi connectivity index (χ4n) is 1.92. The first-order valence-electron chi connectivity index (χ1n) is 7.82. The van der Waals surface area contributed by atoms with E-state index in [0.29, 0.717) is 13.2 Å². The minimum Gasteiger partial charge on any atom is -0.444 e. The van der Waals surface area contributed by atoms with Gasteiger partial charge in [0.1, 0.15) is 5.60 Å². The van der Waals surface area contributed by atoms with E-state index in [-0.39, 0.29) is 23.1 Å². The molecule has 22 heavy (non-hydrogen) atoms. The number of nitrogens with zero attached hydrogens (tertiary/aromatic N) is 2. The molecule has 0 aromatic heterocycles. The number of carbonyl (C=O) groups is 1. The normalized spacial score (nSPS) is 22.8. The van der Waals surface area contributed by atoms with Gasteiger partial charge in [0.15, 0.2) is 8.32 Å². The molecule has 1 heterocycles. The first-order valence-corrected chi connectivity index (χ1v) is 10.7. The molecule has 1 fully saturated rings. The van der Waals surface area contributed by atoms with Crippen molar-refractivity contribution in [2.24, 2.45) is 5.92 Å². The standard InChI is InChI=1S/C16H30N2O3Si/c1-15(2,3)21-14(19)18-10-12(9-17)13(18)11-20-22(7,8)16(4,5)6/h12-13H,10-11H2,1-8H3/t12?,13-/m1/s1. The number of nitriles is 1. The average Bonchev–Trinajstić information content (AvgIpc) is 2.23. The Morgan fingerprint density at radius 2 is 1.82 bits per heavy atom. The van der Waals surface area contributed by atoms with Gasteiger partial charge < -0.3 is 14.1 Å². The average molecular weight is 327 g/mol. The van der Waals surface area contributed by atoms with Gasteiger partial charge in [-0.3, -0.25) is 0 Å². The summed E-state index contributed by atoms with van der Waals surface area (Å²) in [5.74, 6) is -0.169. The minimum absolute atomic E-state index is 0.107. The first-order chi connectivity index (χ1) is 9.78. The summed E-state index contributed by atoms with van der Waals surface area (Å²) in [4.78, 5) is 13.8. The topological polar surface area (TPSA) is 62.6 Å². The number of amides is 1. The molecule has 1 amide bonds. The molecule has 6 heteroatoms. The molecular weight excluding hydrogens is 296 g/mol. The van der Waals surface area contributed by atoms with E-state index in [4.69, 9.17) is 9.16 Å². The third-order valence-corrected chi connectivity index (χ3v) is 8.97. The van der Waals surface area contributed by atoms with Gasteiger partial charge in [-0.2, -0.15) is 5.26 Å². The molecule has 1 unspecified atom stereocenters. The number of hydrogen-bond acceptors (Lipinski definition) is 4. The smallest absolute Gasteiger partial charge is 0.410 e. The monoisotopic (exact) mass is 326 g/mol. The van der Waals surface area contributed by atoms with Crippen LogP contribution in [-0.2, 0) is 9.16 Å². The van der Waals surface area contributed by atoms with E-state index in [1.54, 1.807) is 4.90 Å². The summed E-state index contributed by atoms with van der Waals surface area (Å²) >= 11 is 0. The third-order valence-electron chi connectivity index (χ3n) is 4.47. The second kappa shape index (κ2) is 6.21. The highest BCUT2D eigenvalue weighted by Crippen LogP contribution is 2.37. The Kier molecular flexibility index (Phi) is 5.36. The molecule has 0 bridgehead atoms. The van der Waals surface area contributed by atoms with Crippen LogP contribution in [0.15, 0.2) is 0 Å². The Morgan fingerprint density at radius 1 is 1.27 bits per heavy atom. The number of likely N-dealkylation sites (tertiary alicyclic amines) is 1. The van der Waals surface area contributed by atoms with Crippen LogP contribution in [0, 0.1) is 17.2 Å². The molecule has 0 radical (unpaired) electrons. The number of rotatable bonds is 3. The minimum atomic E-state index is -1.89. The van der Waals surface area contributed by atoms with E-state index in [2.05, 4.69) is 39.9 Å². The highest BCUT2D eigenvalue weighted by atomic mass is 28.4. The summed E-state index contributed by atoms with van der Waals surface area (Å²) in [5.41, 5.74) is -0.528. The zero-order valence-electron chi connectivity index (χ0n) is 15.2. The zero-order chi connectivity index (χ0) is 17.3. The summed E-state index contributed by atoms with van der Waals surface area (Å²) < 4.78 is 11.6. The predicted octanol–water partition coefficient (Wildman–Crippen LogP) is 3.77. The predicted molar refractivity (Wildman–Crippen MR) is 89.0 cm³/mol. The lowest BCUT2D eigenvalue weighted by Crippen LogP contribution is -2.62. The Morgan fingerprint density at radius 3 is 2.23 bits per heavy atom. The molecule has 1 aliphatic rings. The molecule has 1 aliphatic heterocycles. The van der Waals surface area contributed by atoms with Crippen LogP contribution in [0.3, 0.4) is 0 Å². The quantitative estimate of drug-likeness (QED) is 0.741. The summed E-state index contributed by atoms with van der Waals surface area (Å²) in [7, 11) is -1.89. The maximum atomic E-state index is 12.2. The fraction of sp³-hybridized carbons (Fsp3) is 0.875. The summed E-state index contributed by atoms with van der Waals surface area (Å²) in [6, 6.07) is 2.06. The summed E-state index contributed by atoms with van der Waals surface area (Å²) in [6.07, 6.45) is -0.358. The van der Waals surface area contributed by atoms with Crippen LogP contribution in [0.25, 0.3) is 0 Å². The van der Waals surface area contributed by atoms with Gasteiger partial charge in [-0.15, -0.1) is 0 Å². The molecule has 1 saturated heterocycles.